The molecular formula is C12H26O8Ti. The molecule has 4 N–H and O–H groups in total. The Morgan fingerprint density at radius 3 is 1.14 bits per heavy atom. The number of hydrogen-bond acceptors (Lipinski definition) is 8. The van der Waals surface area contributed by atoms with Crippen LogP contribution in [0.15, 0.2) is 0 Å². The van der Waals surface area contributed by atoms with Crippen LogP contribution in [-0.2, 0) is 40.8 Å². The van der Waals surface area contributed by atoms with Crippen molar-refractivity contribution in [3.63, 3.8) is 0 Å². The van der Waals surface area contributed by atoms with Crippen molar-refractivity contribution in [1.82, 2.24) is 0 Å². The van der Waals surface area contributed by atoms with Gasteiger partial charge >= 0.3 is 11.9 Å². The summed E-state index contributed by atoms with van der Waals surface area (Å²) in [6, 6.07) is 0. The van der Waals surface area contributed by atoms with E-state index < -0.39 is 24.1 Å². The minimum atomic E-state index is -1.89. The van der Waals surface area contributed by atoms with Crippen LogP contribution in [0.2, 0.25) is 0 Å². The first-order valence-electron chi connectivity index (χ1n) is 6.28. The van der Waals surface area contributed by atoms with E-state index in [-0.39, 0.29) is 48.1 Å². The Morgan fingerprint density at radius 1 is 0.810 bits per heavy atom. The maximum Gasteiger partial charge on any atom is 0.338 e. The zero-order chi connectivity index (χ0) is 16.6. The molecule has 2 unspecified atom stereocenters. The maximum atomic E-state index is 10.9. The maximum absolute atomic E-state index is 10.9. The number of hydrogen-bond donors (Lipinski definition) is 4. The average Bonchev–Trinajstić information content (AvgIpc) is 2.39. The Labute approximate surface area is 139 Å². The molecule has 0 aliphatic heterocycles. The van der Waals surface area contributed by atoms with E-state index in [4.69, 9.17) is 20.4 Å². The van der Waals surface area contributed by atoms with Gasteiger partial charge in [-0.15, -0.1) is 0 Å². The molecule has 8 nitrogen and oxygen atoms in total. The van der Waals surface area contributed by atoms with Crippen molar-refractivity contribution in [2.45, 2.75) is 39.9 Å². The summed E-state index contributed by atoms with van der Waals surface area (Å²) < 4.78 is 8.79. The molecule has 0 fully saturated rings. The fourth-order valence-electron chi connectivity index (χ4n) is 0.713. The van der Waals surface area contributed by atoms with Gasteiger partial charge in [-0.1, -0.05) is 0 Å². The molecule has 2 atom stereocenters. The van der Waals surface area contributed by atoms with Gasteiger partial charge in [-0.3, -0.25) is 0 Å². The predicted molar refractivity (Wildman–Crippen MR) is 70.8 cm³/mol. The molecule has 0 aromatic carbocycles. The van der Waals surface area contributed by atoms with Crippen LogP contribution in [0.1, 0.15) is 27.7 Å². The van der Waals surface area contributed by atoms with Crippen molar-refractivity contribution in [3.05, 3.63) is 0 Å². The Balaban J connectivity index is -0.000000177. The summed E-state index contributed by atoms with van der Waals surface area (Å²) in [4.78, 5) is 21.7. The van der Waals surface area contributed by atoms with Crippen molar-refractivity contribution in [1.29, 1.82) is 0 Å². The molecule has 0 aliphatic rings. The van der Waals surface area contributed by atoms with Crippen LogP contribution in [-0.4, -0.2) is 71.0 Å². The summed E-state index contributed by atoms with van der Waals surface area (Å²) in [5, 5.41) is 33.3. The van der Waals surface area contributed by atoms with E-state index in [1.807, 2.05) is 0 Å². The van der Waals surface area contributed by atoms with Gasteiger partial charge in [-0.25, -0.2) is 9.59 Å². The minimum Gasteiger partial charge on any atom is -0.464 e. The molecule has 0 amide bonds. The van der Waals surface area contributed by atoms with Crippen LogP contribution < -0.4 is 0 Å². The van der Waals surface area contributed by atoms with Crippen LogP contribution in [0.25, 0.3) is 0 Å². The van der Waals surface area contributed by atoms with E-state index >= 15 is 0 Å². The summed E-state index contributed by atoms with van der Waals surface area (Å²) in [5.74, 6) is -2.10. The molecule has 0 rings (SSSR count). The van der Waals surface area contributed by atoms with E-state index in [0.29, 0.717) is 0 Å². The van der Waals surface area contributed by atoms with Crippen molar-refractivity contribution in [2.24, 2.45) is 0 Å². The molecule has 0 saturated heterocycles. The molecule has 21 heavy (non-hydrogen) atoms. The van der Waals surface area contributed by atoms with Gasteiger partial charge in [0.1, 0.15) is 0 Å². The second-order valence-corrected chi connectivity index (χ2v) is 3.03. The van der Waals surface area contributed by atoms with Crippen molar-refractivity contribution in [2.75, 3.05) is 26.4 Å². The normalized spacial score (nSPS) is 11.2. The number of rotatable bonds is 5. The first-order valence-corrected chi connectivity index (χ1v) is 6.28. The average molecular weight is 346 g/mol. The van der Waals surface area contributed by atoms with E-state index in [1.165, 1.54) is 0 Å². The fourth-order valence-corrected chi connectivity index (χ4v) is 0.713. The monoisotopic (exact) mass is 346 g/mol. The second-order valence-electron chi connectivity index (χ2n) is 3.03. The summed E-state index contributed by atoms with van der Waals surface area (Å²) in [6.45, 7) is 7.07. The Bertz CT molecular complexity index is 213. The topological polar surface area (TPSA) is 134 Å². The second kappa shape index (κ2) is 21.8. The van der Waals surface area contributed by atoms with E-state index in [2.05, 4.69) is 9.47 Å². The number of esters is 2. The first kappa shape index (κ1) is 28.6. The van der Waals surface area contributed by atoms with E-state index in [0.717, 1.165) is 0 Å². The van der Waals surface area contributed by atoms with Crippen LogP contribution in [0, 0.1) is 0 Å². The molecule has 0 aromatic heterocycles. The van der Waals surface area contributed by atoms with Gasteiger partial charge in [-0.2, -0.15) is 0 Å². The molecular weight excluding hydrogens is 320 g/mol. The third kappa shape index (κ3) is 19.5. The first-order chi connectivity index (χ1) is 9.37. The van der Waals surface area contributed by atoms with Crippen molar-refractivity contribution >= 4 is 11.9 Å². The largest absolute Gasteiger partial charge is 0.464 e. The van der Waals surface area contributed by atoms with Gasteiger partial charge in [-0.05, 0) is 27.7 Å². The minimum absolute atomic E-state index is 0. The van der Waals surface area contributed by atoms with Gasteiger partial charge in [0.05, 0.1) is 13.2 Å². The number of aliphatic hydroxyl groups excluding tert-OH is 4. The zero-order valence-electron chi connectivity index (χ0n) is 12.9. The summed E-state index contributed by atoms with van der Waals surface area (Å²) >= 11 is 0. The molecule has 0 aliphatic carbocycles. The summed E-state index contributed by atoms with van der Waals surface area (Å²) in [5.41, 5.74) is 0. The fraction of sp³-hybridized carbons (Fsp3) is 0.833. The predicted octanol–water partition coefficient (Wildman–Crippen LogP) is -1.17. The molecule has 0 heterocycles. The molecule has 9 heteroatoms. The molecule has 0 saturated carbocycles. The van der Waals surface area contributed by atoms with Gasteiger partial charge in [0.2, 0.25) is 0 Å². The van der Waals surface area contributed by atoms with E-state index in [9.17, 15) is 9.59 Å². The van der Waals surface area contributed by atoms with Crippen molar-refractivity contribution in [3.8, 4) is 0 Å². The van der Waals surface area contributed by atoms with Crippen LogP contribution >= 0.6 is 0 Å². The van der Waals surface area contributed by atoms with Crippen LogP contribution in [0.3, 0.4) is 0 Å². The standard InChI is InChI=1S/C8H14O6.2C2H6O.Ti/c1-3-13-7(11)5(9)6(10)8(12)14-4-2;2*1-2-3;/h5-6,9-10H,3-4H2,1-2H3;2*3H,2H2,1H3;. The molecule has 0 bridgehead atoms. The van der Waals surface area contributed by atoms with Crippen LogP contribution in [0.4, 0.5) is 0 Å². The Hall–Kier alpha value is -0.506. The van der Waals surface area contributed by atoms with Gasteiger partial charge < -0.3 is 29.9 Å². The third-order valence-electron chi connectivity index (χ3n) is 1.36. The number of carbonyl (C=O) groups is 2. The Kier molecular flexibility index (Phi) is 29.7. The SMILES string of the molecule is CCO.CCO.CCOC(=O)C(O)C(O)C(=O)OCC.[Ti]. The van der Waals surface area contributed by atoms with Gasteiger partial charge in [0.15, 0.2) is 12.2 Å². The summed E-state index contributed by atoms with van der Waals surface area (Å²) in [7, 11) is 0. The van der Waals surface area contributed by atoms with Crippen LogP contribution in [0.5, 0.6) is 0 Å². The van der Waals surface area contributed by atoms with E-state index in [1.54, 1.807) is 27.7 Å². The Morgan fingerprint density at radius 2 is 1.00 bits per heavy atom. The molecule has 0 aromatic rings. The molecule has 126 valence electrons. The number of carbonyl (C=O) groups excluding carboxylic acids is 2. The zero-order valence-corrected chi connectivity index (χ0v) is 14.5. The van der Waals surface area contributed by atoms with Gasteiger partial charge in [0.25, 0.3) is 0 Å². The van der Waals surface area contributed by atoms with Crippen molar-refractivity contribution < 1.29 is 61.2 Å². The smallest absolute Gasteiger partial charge is 0.338 e. The quantitative estimate of drug-likeness (QED) is 0.361. The summed E-state index contributed by atoms with van der Waals surface area (Å²) in [6.07, 6.45) is -3.79. The third-order valence-corrected chi connectivity index (χ3v) is 1.36. The number of ether oxygens (including phenoxy) is 2. The number of aliphatic hydroxyl groups is 4. The molecule has 0 spiro atoms. The van der Waals surface area contributed by atoms with Gasteiger partial charge in [0, 0.05) is 34.9 Å². The molecule has 0 radical (unpaired) electrons.